The van der Waals surface area contributed by atoms with Crippen LogP contribution in [0.5, 0.6) is 0 Å². The quantitative estimate of drug-likeness (QED) is 0.757. The van der Waals surface area contributed by atoms with Crippen molar-refractivity contribution in [2.45, 2.75) is 13.5 Å². The summed E-state index contributed by atoms with van der Waals surface area (Å²) in [5, 5.41) is 12.1. The molecule has 0 atom stereocenters. The first kappa shape index (κ1) is 11.8. The van der Waals surface area contributed by atoms with Crippen LogP contribution in [-0.4, -0.2) is 20.2 Å². The molecule has 3 N–H and O–H groups in total. The second-order valence-corrected chi connectivity index (χ2v) is 5.31. The van der Waals surface area contributed by atoms with Crippen LogP contribution in [0, 0.1) is 6.92 Å². The standard InChI is InChI=1S/C12H12N6S/c1-7-5-9-10(16-12(13)17-11(9)19-7)14-6-8-3-2-4-15-18-8/h2-5H,6H2,1H3,(H3,13,14,16,17). The fraction of sp³-hybridized carbons (Fsp3) is 0.167. The van der Waals surface area contributed by atoms with E-state index in [0.717, 1.165) is 21.7 Å². The van der Waals surface area contributed by atoms with Crippen LogP contribution in [0.2, 0.25) is 0 Å². The minimum Gasteiger partial charge on any atom is -0.368 e. The molecular weight excluding hydrogens is 260 g/mol. The van der Waals surface area contributed by atoms with E-state index in [-0.39, 0.29) is 5.95 Å². The highest BCUT2D eigenvalue weighted by Crippen LogP contribution is 2.29. The number of nitrogens with zero attached hydrogens (tertiary/aromatic N) is 4. The summed E-state index contributed by atoms with van der Waals surface area (Å²) in [6.45, 7) is 2.59. The first-order chi connectivity index (χ1) is 9.22. The number of fused-ring (bicyclic) bond motifs is 1. The van der Waals surface area contributed by atoms with Crippen molar-refractivity contribution in [3.8, 4) is 0 Å². The van der Waals surface area contributed by atoms with Crippen LogP contribution in [0.1, 0.15) is 10.6 Å². The Kier molecular flexibility index (Phi) is 2.96. The Labute approximate surface area is 113 Å². The molecule has 0 radical (unpaired) electrons. The van der Waals surface area contributed by atoms with Gasteiger partial charge in [-0.05, 0) is 25.1 Å². The molecule has 0 unspecified atom stereocenters. The molecule has 0 aliphatic rings. The highest BCUT2D eigenvalue weighted by molar-refractivity contribution is 7.18. The fourth-order valence-corrected chi connectivity index (χ4v) is 2.68. The summed E-state index contributed by atoms with van der Waals surface area (Å²) in [6, 6.07) is 5.81. The second-order valence-electron chi connectivity index (χ2n) is 4.07. The Morgan fingerprint density at radius 1 is 1.37 bits per heavy atom. The van der Waals surface area contributed by atoms with Gasteiger partial charge < -0.3 is 11.1 Å². The molecule has 0 amide bonds. The zero-order valence-electron chi connectivity index (χ0n) is 10.3. The average molecular weight is 272 g/mol. The summed E-state index contributed by atoms with van der Waals surface area (Å²) in [5.41, 5.74) is 6.57. The Morgan fingerprint density at radius 2 is 2.26 bits per heavy atom. The molecule has 0 aromatic carbocycles. The number of anilines is 2. The third-order valence-corrected chi connectivity index (χ3v) is 3.54. The number of hydrogen-bond donors (Lipinski definition) is 2. The molecule has 3 heterocycles. The lowest BCUT2D eigenvalue weighted by Crippen LogP contribution is -2.06. The lowest BCUT2D eigenvalue weighted by molar-refractivity contribution is 0.921. The molecule has 0 bridgehead atoms. The molecule has 0 saturated heterocycles. The molecule has 3 aromatic heterocycles. The average Bonchev–Trinajstić information content (AvgIpc) is 2.77. The Morgan fingerprint density at radius 3 is 3.05 bits per heavy atom. The number of aromatic nitrogens is 4. The molecule has 7 heteroatoms. The van der Waals surface area contributed by atoms with Gasteiger partial charge in [0.05, 0.1) is 17.6 Å². The first-order valence-electron chi connectivity index (χ1n) is 5.76. The molecular formula is C12H12N6S. The normalized spacial score (nSPS) is 10.8. The summed E-state index contributed by atoms with van der Waals surface area (Å²) in [6.07, 6.45) is 1.65. The van der Waals surface area contributed by atoms with E-state index in [1.165, 1.54) is 4.88 Å². The van der Waals surface area contributed by atoms with Gasteiger partial charge in [0.25, 0.3) is 0 Å². The molecule has 0 aliphatic heterocycles. The van der Waals surface area contributed by atoms with E-state index in [1.54, 1.807) is 17.5 Å². The molecule has 0 fully saturated rings. The van der Waals surface area contributed by atoms with Gasteiger partial charge in [-0.1, -0.05) is 0 Å². The minimum absolute atomic E-state index is 0.274. The summed E-state index contributed by atoms with van der Waals surface area (Å²) >= 11 is 1.60. The molecule has 3 aromatic rings. The first-order valence-corrected chi connectivity index (χ1v) is 6.58. The van der Waals surface area contributed by atoms with Crippen molar-refractivity contribution in [3.63, 3.8) is 0 Å². The third kappa shape index (κ3) is 2.45. The maximum absolute atomic E-state index is 5.72. The summed E-state index contributed by atoms with van der Waals surface area (Å²) in [4.78, 5) is 10.5. The van der Waals surface area contributed by atoms with Crippen LogP contribution in [0.15, 0.2) is 24.4 Å². The monoisotopic (exact) mass is 272 g/mol. The number of nitrogens with two attached hydrogens (primary N) is 1. The highest BCUT2D eigenvalue weighted by atomic mass is 32.1. The maximum Gasteiger partial charge on any atom is 0.223 e. The van der Waals surface area contributed by atoms with Crippen molar-refractivity contribution in [2.75, 3.05) is 11.1 Å². The van der Waals surface area contributed by atoms with E-state index in [0.29, 0.717) is 6.54 Å². The van der Waals surface area contributed by atoms with Gasteiger partial charge in [0, 0.05) is 11.1 Å². The maximum atomic E-state index is 5.72. The van der Waals surface area contributed by atoms with Crippen LogP contribution >= 0.6 is 11.3 Å². The number of rotatable bonds is 3. The fourth-order valence-electron chi connectivity index (χ4n) is 1.80. The third-order valence-electron chi connectivity index (χ3n) is 2.60. The Bertz CT molecular complexity index is 709. The van der Waals surface area contributed by atoms with Crippen molar-refractivity contribution in [1.29, 1.82) is 0 Å². The predicted molar refractivity (Wildman–Crippen MR) is 75.9 cm³/mol. The number of nitrogen functional groups attached to an aromatic ring is 1. The molecule has 19 heavy (non-hydrogen) atoms. The van der Waals surface area contributed by atoms with E-state index in [4.69, 9.17) is 5.73 Å². The lowest BCUT2D eigenvalue weighted by atomic mass is 10.3. The SMILES string of the molecule is Cc1cc2c(NCc3cccnn3)nc(N)nc2s1. The van der Waals surface area contributed by atoms with Gasteiger partial charge in [0.1, 0.15) is 10.6 Å². The van der Waals surface area contributed by atoms with E-state index in [1.807, 2.05) is 19.1 Å². The van der Waals surface area contributed by atoms with Crippen molar-refractivity contribution in [3.05, 3.63) is 35.0 Å². The van der Waals surface area contributed by atoms with Gasteiger partial charge in [0.15, 0.2) is 0 Å². The largest absolute Gasteiger partial charge is 0.368 e. The summed E-state index contributed by atoms with van der Waals surface area (Å²) in [7, 11) is 0. The van der Waals surface area contributed by atoms with E-state index < -0.39 is 0 Å². The Balaban J connectivity index is 1.92. The molecule has 0 spiro atoms. The van der Waals surface area contributed by atoms with Gasteiger partial charge >= 0.3 is 0 Å². The smallest absolute Gasteiger partial charge is 0.223 e. The number of nitrogens with one attached hydrogen (secondary N) is 1. The van der Waals surface area contributed by atoms with Crippen LogP contribution in [-0.2, 0) is 6.54 Å². The topological polar surface area (TPSA) is 89.6 Å². The summed E-state index contributed by atoms with van der Waals surface area (Å²) in [5.74, 6) is 1.01. The molecule has 96 valence electrons. The summed E-state index contributed by atoms with van der Waals surface area (Å²) < 4.78 is 0. The van der Waals surface area contributed by atoms with Gasteiger partial charge in [-0.3, -0.25) is 0 Å². The minimum atomic E-state index is 0.274. The molecule has 0 saturated carbocycles. The van der Waals surface area contributed by atoms with E-state index in [9.17, 15) is 0 Å². The van der Waals surface area contributed by atoms with Crippen LogP contribution in [0.4, 0.5) is 11.8 Å². The van der Waals surface area contributed by atoms with Crippen LogP contribution in [0.3, 0.4) is 0 Å². The Hall–Kier alpha value is -2.28. The number of aryl methyl sites for hydroxylation is 1. The van der Waals surface area contributed by atoms with Crippen LogP contribution in [0.25, 0.3) is 10.2 Å². The zero-order chi connectivity index (χ0) is 13.2. The molecule has 3 rings (SSSR count). The van der Waals surface area contributed by atoms with Gasteiger partial charge in [-0.15, -0.1) is 11.3 Å². The van der Waals surface area contributed by atoms with Crippen molar-refractivity contribution in [2.24, 2.45) is 0 Å². The number of thiophene rings is 1. The van der Waals surface area contributed by atoms with Gasteiger partial charge in [-0.2, -0.15) is 15.2 Å². The van der Waals surface area contributed by atoms with E-state index >= 15 is 0 Å². The predicted octanol–water partition coefficient (Wildman–Crippen LogP) is 1.98. The van der Waals surface area contributed by atoms with Gasteiger partial charge in [0.2, 0.25) is 5.95 Å². The van der Waals surface area contributed by atoms with Crippen LogP contribution < -0.4 is 11.1 Å². The van der Waals surface area contributed by atoms with E-state index in [2.05, 4.69) is 31.5 Å². The van der Waals surface area contributed by atoms with Crippen molar-refractivity contribution < 1.29 is 0 Å². The second kappa shape index (κ2) is 4.77. The van der Waals surface area contributed by atoms with Crippen molar-refractivity contribution >= 4 is 33.3 Å². The van der Waals surface area contributed by atoms with Crippen molar-refractivity contribution in [1.82, 2.24) is 20.2 Å². The lowest BCUT2D eigenvalue weighted by Gasteiger charge is -2.06. The molecule has 6 nitrogen and oxygen atoms in total. The highest BCUT2D eigenvalue weighted by Gasteiger charge is 2.09. The zero-order valence-corrected chi connectivity index (χ0v) is 11.1. The van der Waals surface area contributed by atoms with Gasteiger partial charge in [-0.25, -0.2) is 4.98 Å². The molecule has 0 aliphatic carbocycles. The number of hydrogen-bond acceptors (Lipinski definition) is 7.